The van der Waals surface area contributed by atoms with Crippen LogP contribution in [0.5, 0.6) is 0 Å². The molecule has 0 amide bonds. The van der Waals surface area contributed by atoms with Crippen LogP contribution in [0.1, 0.15) is 16.8 Å². The zero-order valence-corrected chi connectivity index (χ0v) is 9.39. The van der Waals surface area contributed by atoms with Gasteiger partial charge in [0.05, 0.1) is 19.1 Å². The summed E-state index contributed by atoms with van der Waals surface area (Å²) in [6.07, 6.45) is -10.7. The molecule has 0 N–H and O–H groups in total. The number of alkyl halides is 6. The van der Waals surface area contributed by atoms with Gasteiger partial charge in [0.1, 0.15) is 5.69 Å². The minimum atomic E-state index is -4.90. The molecule has 0 aliphatic rings. The molecule has 0 aliphatic carbocycles. The fraction of sp³-hybridized carbons (Fsp3) is 0.400. The Morgan fingerprint density at radius 2 is 1.79 bits per heavy atom. The molecule has 0 aromatic carbocycles. The molecule has 106 valence electrons. The van der Waals surface area contributed by atoms with Crippen molar-refractivity contribution < 1.29 is 35.9 Å². The van der Waals surface area contributed by atoms with Crippen LogP contribution in [0, 0.1) is 0 Å². The highest BCUT2D eigenvalue weighted by atomic mass is 19.4. The van der Waals surface area contributed by atoms with Crippen LogP contribution in [0.25, 0.3) is 0 Å². The molecule has 0 radical (unpaired) electrons. The van der Waals surface area contributed by atoms with Gasteiger partial charge in [-0.2, -0.15) is 26.3 Å². The molecule has 1 aromatic rings. The molecular formula is C10H7F6NO2. The van der Waals surface area contributed by atoms with Crippen LogP contribution >= 0.6 is 0 Å². The monoisotopic (exact) mass is 287 g/mol. The van der Waals surface area contributed by atoms with Crippen molar-refractivity contribution in [2.45, 2.75) is 18.8 Å². The Bertz CT molecular complexity index is 480. The van der Waals surface area contributed by atoms with Crippen molar-refractivity contribution in [1.29, 1.82) is 0 Å². The second-order valence-corrected chi connectivity index (χ2v) is 3.48. The van der Waals surface area contributed by atoms with Crippen molar-refractivity contribution >= 4 is 5.97 Å². The third-order valence-corrected chi connectivity index (χ3v) is 2.15. The zero-order chi connectivity index (χ0) is 14.8. The van der Waals surface area contributed by atoms with Gasteiger partial charge in [0, 0.05) is 6.20 Å². The van der Waals surface area contributed by atoms with Crippen LogP contribution in [-0.2, 0) is 28.3 Å². The molecule has 0 aliphatic heterocycles. The van der Waals surface area contributed by atoms with E-state index >= 15 is 0 Å². The van der Waals surface area contributed by atoms with Crippen LogP contribution in [0.2, 0.25) is 0 Å². The summed E-state index contributed by atoms with van der Waals surface area (Å²) in [6, 6.07) is 0.194. The van der Waals surface area contributed by atoms with Gasteiger partial charge in [-0.15, -0.1) is 0 Å². The van der Waals surface area contributed by atoms with Crippen molar-refractivity contribution in [1.82, 2.24) is 4.98 Å². The number of nitrogens with zero attached hydrogens (tertiary/aromatic N) is 1. The minimum Gasteiger partial charge on any atom is -0.469 e. The number of halogens is 6. The maximum Gasteiger partial charge on any atom is 0.433 e. The summed E-state index contributed by atoms with van der Waals surface area (Å²) in [5.74, 6) is -1.08. The highest BCUT2D eigenvalue weighted by molar-refractivity contribution is 5.73. The number of hydrogen-bond donors (Lipinski definition) is 0. The van der Waals surface area contributed by atoms with E-state index in [1.807, 2.05) is 0 Å². The quantitative estimate of drug-likeness (QED) is 0.620. The first-order valence-electron chi connectivity index (χ1n) is 4.76. The van der Waals surface area contributed by atoms with E-state index in [1.54, 1.807) is 0 Å². The van der Waals surface area contributed by atoms with E-state index in [9.17, 15) is 31.1 Å². The van der Waals surface area contributed by atoms with E-state index in [1.165, 1.54) is 0 Å². The number of esters is 1. The topological polar surface area (TPSA) is 39.2 Å². The summed E-state index contributed by atoms with van der Waals surface area (Å²) in [7, 11) is 0.918. The molecule has 0 spiro atoms. The molecule has 1 aromatic heterocycles. The molecule has 0 bridgehead atoms. The molecule has 3 nitrogen and oxygen atoms in total. The Kier molecular flexibility index (Phi) is 4.06. The molecule has 0 atom stereocenters. The number of hydrogen-bond acceptors (Lipinski definition) is 3. The van der Waals surface area contributed by atoms with E-state index in [-0.39, 0.29) is 12.3 Å². The lowest BCUT2D eigenvalue weighted by Crippen LogP contribution is -2.17. The van der Waals surface area contributed by atoms with Crippen LogP contribution in [0.3, 0.4) is 0 Å². The first-order chi connectivity index (χ1) is 8.55. The Hall–Kier alpha value is -1.80. The number of aromatic nitrogens is 1. The normalized spacial score (nSPS) is 12.4. The summed E-state index contributed by atoms with van der Waals surface area (Å²) in [5.41, 5.74) is -3.73. The maximum atomic E-state index is 12.6. The van der Waals surface area contributed by atoms with Crippen molar-refractivity contribution in [2.75, 3.05) is 7.11 Å². The molecular weight excluding hydrogens is 280 g/mol. The van der Waals surface area contributed by atoms with Crippen LogP contribution in [0.4, 0.5) is 26.3 Å². The summed E-state index contributed by atoms with van der Waals surface area (Å²) >= 11 is 0. The van der Waals surface area contributed by atoms with Crippen molar-refractivity contribution in [3.8, 4) is 0 Å². The Balaban J connectivity index is 3.31. The van der Waals surface area contributed by atoms with E-state index in [0.717, 1.165) is 7.11 Å². The fourth-order valence-corrected chi connectivity index (χ4v) is 1.28. The molecule has 0 saturated carbocycles. The molecule has 0 saturated heterocycles. The SMILES string of the molecule is COC(=O)Cc1cc(C(F)(F)F)ncc1C(F)(F)F. The summed E-state index contributed by atoms with van der Waals surface area (Å²) in [5, 5.41) is 0. The van der Waals surface area contributed by atoms with Crippen molar-refractivity contribution in [3.63, 3.8) is 0 Å². The predicted molar refractivity (Wildman–Crippen MR) is 50.0 cm³/mol. The van der Waals surface area contributed by atoms with Gasteiger partial charge in [-0.3, -0.25) is 9.78 Å². The Labute approximate surface area is 103 Å². The zero-order valence-electron chi connectivity index (χ0n) is 9.39. The lowest BCUT2D eigenvalue weighted by molar-refractivity contribution is -0.146. The second kappa shape index (κ2) is 5.06. The molecule has 0 fully saturated rings. The fourth-order valence-electron chi connectivity index (χ4n) is 1.28. The number of pyridine rings is 1. The first-order valence-corrected chi connectivity index (χ1v) is 4.76. The van der Waals surface area contributed by atoms with Gasteiger partial charge in [-0.1, -0.05) is 0 Å². The highest BCUT2D eigenvalue weighted by Gasteiger charge is 2.38. The molecule has 1 heterocycles. The van der Waals surface area contributed by atoms with Gasteiger partial charge in [0.2, 0.25) is 0 Å². The number of ether oxygens (including phenoxy) is 1. The summed E-state index contributed by atoms with van der Waals surface area (Å²) in [4.78, 5) is 13.6. The molecule has 1 rings (SSSR count). The van der Waals surface area contributed by atoms with Gasteiger partial charge in [0.15, 0.2) is 0 Å². The Morgan fingerprint density at radius 3 is 2.21 bits per heavy atom. The predicted octanol–water partition coefficient (Wildman–Crippen LogP) is 2.83. The first kappa shape index (κ1) is 15.3. The van der Waals surface area contributed by atoms with E-state index in [0.29, 0.717) is 0 Å². The third-order valence-electron chi connectivity index (χ3n) is 2.15. The van der Waals surface area contributed by atoms with Crippen LogP contribution < -0.4 is 0 Å². The standard InChI is InChI=1S/C10H7F6NO2/c1-19-8(18)3-5-2-7(10(14,15)16)17-4-6(5)9(11,12)13/h2,4H,3H2,1H3. The molecule has 0 unspecified atom stereocenters. The smallest absolute Gasteiger partial charge is 0.433 e. The maximum absolute atomic E-state index is 12.6. The molecule has 9 heteroatoms. The van der Waals surface area contributed by atoms with Gasteiger partial charge < -0.3 is 4.74 Å². The largest absolute Gasteiger partial charge is 0.469 e. The van der Waals surface area contributed by atoms with E-state index in [2.05, 4.69) is 9.72 Å². The minimum absolute atomic E-state index is 0.0566. The lowest BCUT2D eigenvalue weighted by atomic mass is 10.1. The highest BCUT2D eigenvalue weighted by Crippen LogP contribution is 2.35. The van der Waals surface area contributed by atoms with Crippen molar-refractivity contribution in [2.24, 2.45) is 0 Å². The number of carbonyl (C=O) groups excluding carboxylic acids is 1. The summed E-state index contributed by atoms with van der Waals surface area (Å²) in [6.45, 7) is 0. The van der Waals surface area contributed by atoms with Crippen LogP contribution in [-0.4, -0.2) is 18.1 Å². The molecule has 19 heavy (non-hydrogen) atoms. The van der Waals surface area contributed by atoms with Gasteiger partial charge in [-0.25, -0.2) is 0 Å². The van der Waals surface area contributed by atoms with Crippen LogP contribution in [0.15, 0.2) is 12.3 Å². The number of rotatable bonds is 2. The Morgan fingerprint density at radius 1 is 1.21 bits per heavy atom. The number of methoxy groups -OCH3 is 1. The average Bonchev–Trinajstić information content (AvgIpc) is 2.26. The summed E-state index contributed by atoms with van der Waals surface area (Å²) < 4.78 is 78.9. The van der Waals surface area contributed by atoms with Crippen molar-refractivity contribution in [3.05, 3.63) is 29.1 Å². The van der Waals surface area contributed by atoms with Gasteiger partial charge in [0.25, 0.3) is 0 Å². The third kappa shape index (κ3) is 3.83. The van der Waals surface area contributed by atoms with Gasteiger partial charge >= 0.3 is 18.3 Å². The van der Waals surface area contributed by atoms with E-state index < -0.39 is 41.6 Å². The van der Waals surface area contributed by atoms with E-state index in [4.69, 9.17) is 0 Å². The number of carbonyl (C=O) groups is 1. The van der Waals surface area contributed by atoms with Gasteiger partial charge in [-0.05, 0) is 11.6 Å². The second-order valence-electron chi connectivity index (χ2n) is 3.48. The average molecular weight is 287 g/mol. The lowest BCUT2D eigenvalue weighted by Gasteiger charge is -2.14.